The SMILES string of the molecule is CCC(C)(CCBr)NC(=O)c1cc(C)oc1C. The minimum atomic E-state index is -0.168. The van der Waals surface area contributed by atoms with E-state index >= 15 is 0 Å². The fourth-order valence-electron chi connectivity index (χ4n) is 1.73. The quantitative estimate of drug-likeness (QED) is 0.845. The van der Waals surface area contributed by atoms with Crippen molar-refractivity contribution >= 4 is 21.8 Å². The maximum Gasteiger partial charge on any atom is 0.255 e. The average Bonchev–Trinajstić information content (AvgIpc) is 2.58. The smallest absolute Gasteiger partial charge is 0.255 e. The molecular formula is C13H20BrNO2. The Balaban J connectivity index is 2.81. The fourth-order valence-corrected chi connectivity index (χ4v) is 2.61. The van der Waals surface area contributed by atoms with Gasteiger partial charge in [-0.2, -0.15) is 0 Å². The molecule has 1 heterocycles. The number of halogens is 1. The summed E-state index contributed by atoms with van der Waals surface area (Å²) in [5.74, 6) is 1.40. The zero-order valence-corrected chi connectivity index (χ0v) is 12.5. The summed E-state index contributed by atoms with van der Waals surface area (Å²) in [6.07, 6.45) is 1.81. The van der Waals surface area contributed by atoms with Gasteiger partial charge in [-0.15, -0.1) is 0 Å². The second-order valence-electron chi connectivity index (χ2n) is 4.63. The van der Waals surface area contributed by atoms with Crippen molar-refractivity contribution in [2.24, 2.45) is 0 Å². The van der Waals surface area contributed by atoms with E-state index in [0.717, 1.165) is 23.9 Å². The van der Waals surface area contributed by atoms with E-state index in [0.29, 0.717) is 11.3 Å². The van der Waals surface area contributed by atoms with Crippen LogP contribution in [0.15, 0.2) is 10.5 Å². The van der Waals surface area contributed by atoms with Crippen molar-refractivity contribution in [2.75, 3.05) is 5.33 Å². The molecule has 3 nitrogen and oxygen atoms in total. The molecule has 1 N–H and O–H groups in total. The molecule has 1 rings (SSSR count). The molecule has 1 amide bonds. The Morgan fingerprint density at radius 2 is 2.18 bits per heavy atom. The number of carbonyl (C=O) groups excluding carboxylic acids is 1. The predicted molar refractivity (Wildman–Crippen MR) is 72.8 cm³/mol. The number of hydrogen-bond donors (Lipinski definition) is 1. The minimum Gasteiger partial charge on any atom is -0.466 e. The van der Waals surface area contributed by atoms with Gasteiger partial charge in [0.25, 0.3) is 5.91 Å². The third kappa shape index (κ3) is 3.60. The van der Waals surface area contributed by atoms with Crippen LogP contribution in [0.5, 0.6) is 0 Å². The first kappa shape index (κ1) is 14.3. The van der Waals surface area contributed by atoms with Crippen LogP contribution in [0.3, 0.4) is 0 Å². The maximum atomic E-state index is 12.1. The molecule has 0 aliphatic rings. The highest BCUT2D eigenvalue weighted by Gasteiger charge is 2.25. The van der Waals surface area contributed by atoms with Crippen LogP contribution in [-0.2, 0) is 0 Å². The van der Waals surface area contributed by atoms with E-state index in [-0.39, 0.29) is 11.4 Å². The van der Waals surface area contributed by atoms with E-state index < -0.39 is 0 Å². The lowest BCUT2D eigenvalue weighted by Crippen LogP contribution is -2.45. The van der Waals surface area contributed by atoms with E-state index in [9.17, 15) is 4.79 Å². The topological polar surface area (TPSA) is 42.2 Å². The lowest BCUT2D eigenvalue weighted by Gasteiger charge is -2.28. The molecule has 0 aromatic carbocycles. The molecule has 1 atom stereocenters. The Morgan fingerprint density at radius 3 is 2.59 bits per heavy atom. The normalized spacial score (nSPS) is 14.4. The van der Waals surface area contributed by atoms with E-state index in [1.165, 1.54) is 0 Å². The second-order valence-corrected chi connectivity index (χ2v) is 5.43. The van der Waals surface area contributed by atoms with Crippen molar-refractivity contribution in [3.05, 3.63) is 23.2 Å². The van der Waals surface area contributed by atoms with Gasteiger partial charge < -0.3 is 9.73 Å². The van der Waals surface area contributed by atoms with Crippen LogP contribution in [0, 0.1) is 13.8 Å². The van der Waals surface area contributed by atoms with Gasteiger partial charge in [-0.05, 0) is 39.7 Å². The highest BCUT2D eigenvalue weighted by atomic mass is 79.9. The van der Waals surface area contributed by atoms with Crippen molar-refractivity contribution in [1.82, 2.24) is 5.32 Å². The predicted octanol–water partition coefficient (Wildman–Crippen LogP) is 3.58. The molecule has 0 bridgehead atoms. The summed E-state index contributed by atoms with van der Waals surface area (Å²) in [5.41, 5.74) is 0.467. The molecule has 4 heteroatoms. The summed E-state index contributed by atoms with van der Waals surface area (Å²) in [4.78, 5) is 12.1. The van der Waals surface area contributed by atoms with Gasteiger partial charge in [-0.3, -0.25) is 4.79 Å². The summed E-state index contributed by atoms with van der Waals surface area (Å²) in [6.45, 7) is 7.81. The molecule has 0 fully saturated rings. The maximum absolute atomic E-state index is 12.1. The largest absolute Gasteiger partial charge is 0.466 e. The Hall–Kier alpha value is -0.770. The lowest BCUT2D eigenvalue weighted by atomic mass is 9.95. The lowest BCUT2D eigenvalue weighted by molar-refractivity contribution is 0.0900. The standard InChI is InChI=1S/C13H20BrNO2/c1-5-13(4,6-7-14)15-12(16)11-8-9(2)17-10(11)3/h8H,5-7H2,1-4H3,(H,15,16). The zero-order chi connectivity index (χ0) is 13.1. The van der Waals surface area contributed by atoms with Crippen molar-refractivity contribution in [3.63, 3.8) is 0 Å². The van der Waals surface area contributed by atoms with Crippen molar-refractivity contribution < 1.29 is 9.21 Å². The molecule has 1 aromatic heterocycles. The van der Waals surface area contributed by atoms with Crippen molar-refractivity contribution in [3.8, 4) is 0 Å². The first-order valence-electron chi connectivity index (χ1n) is 5.87. The second kappa shape index (κ2) is 5.71. The molecule has 0 saturated carbocycles. The summed E-state index contributed by atoms with van der Waals surface area (Å²) >= 11 is 3.42. The van der Waals surface area contributed by atoms with Crippen LogP contribution in [0.4, 0.5) is 0 Å². The summed E-state index contributed by atoms with van der Waals surface area (Å²) < 4.78 is 5.37. The van der Waals surface area contributed by atoms with Gasteiger partial charge in [0, 0.05) is 10.9 Å². The Bertz CT molecular complexity index is 400. The minimum absolute atomic E-state index is 0.0512. The van der Waals surface area contributed by atoms with Gasteiger partial charge in [-0.1, -0.05) is 22.9 Å². The average molecular weight is 302 g/mol. The van der Waals surface area contributed by atoms with Crippen LogP contribution in [0.2, 0.25) is 0 Å². The number of hydrogen-bond acceptors (Lipinski definition) is 2. The van der Waals surface area contributed by atoms with E-state index in [1.54, 1.807) is 6.07 Å². The summed E-state index contributed by atoms with van der Waals surface area (Å²) in [6, 6.07) is 1.79. The van der Waals surface area contributed by atoms with Gasteiger partial charge in [0.15, 0.2) is 0 Å². The first-order valence-corrected chi connectivity index (χ1v) is 6.99. The molecule has 0 saturated heterocycles. The van der Waals surface area contributed by atoms with Gasteiger partial charge in [0.1, 0.15) is 11.5 Å². The Kier molecular flexibility index (Phi) is 4.80. The van der Waals surface area contributed by atoms with Crippen molar-refractivity contribution in [1.29, 1.82) is 0 Å². The number of aryl methyl sites for hydroxylation is 2. The third-order valence-electron chi connectivity index (χ3n) is 3.13. The van der Waals surface area contributed by atoms with Gasteiger partial charge >= 0.3 is 0 Å². The Labute approximate surface area is 111 Å². The molecule has 1 unspecified atom stereocenters. The van der Waals surface area contributed by atoms with Crippen LogP contribution in [0.1, 0.15) is 48.6 Å². The van der Waals surface area contributed by atoms with Crippen LogP contribution in [0.25, 0.3) is 0 Å². The molecular weight excluding hydrogens is 282 g/mol. The molecule has 0 spiro atoms. The van der Waals surface area contributed by atoms with Gasteiger partial charge in [0.05, 0.1) is 5.56 Å². The fraction of sp³-hybridized carbons (Fsp3) is 0.615. The number of alkyl halides is 1. The van der Waals surface area contributed by atoms with Crippen molar-refractivity contribution in [2.45, 2.75) is 46.1 Å². The molecule has 0 aliphatic heterocycles. The summed E-state index contributed by atoms with van der Waals surface area (Å²) in [5, 5.41) is 3.96. The molecule has 96 valence electrons. The molecule has 17 heavy (non-hydrogen) atoms. The number of furan rings is 1. The number of rotatable bonds is 5. The Morgan fingerprint density at radius 1 is 1.53 bits per heavy atom. The molecule has 0 radical (unpaired) electrons. The number of amides is 1. The monoisotopic (exact) mass is 301 g/mol. The van der Waals surface area contributed by atoms with E-state index in [4.69, 9.17) is 4.42 Å². The van der Waals surface area contributed by atoms with Crippen LogP contribution >= 0.6 is 15.9 Å². The first-order chi connectivity index (χ1) is 7.91. The van der Waals surface area contributed by atoms with Gasteiger partial charge in [-0.25, -0.2) is 0 Å². The number of nitrogens with one attached hydrogen (secondary N) is 1. The van der Waals surface area contributed by atoms with Crippen LogP contribution < -0.4 is 5.32 Å². The van der Waals surface area contributed by atoms with E-state index in [2.05, 4.69) is 35.1 Å². The van der Waals surface area contributed by atoms with E-state index in [1.807, 2.05) is 13.8 Å². The third-order valence-corrected chi connectivity index (χ3v) is 3.52. The highest BCUT2D eigenvalue weighted by molar-refractivity contribution is 9.09. The summed E-state index contributed by atoms with van der Waals surface area (Å²) in [7, 11) is 0. The molecule has 0 aliphatic carbocycles. The molecule has 1 aromatic rings. The highest BCUT2D eigenvalue weighted by Crippen LogP contribution is 2.19. The van der Waals surface area contributed by atoms with Crippen LogP contribution in [-0.4, -0.2) is 16.8 Å². The zero-order valence-electron chi connectivity index (χ0n) is 10.9. The number of carbonyl (C=O) groups is 1. The van der Waals surface area contributed by atoms with Gasteiger partial charge in [0.2, 0.25) is 0 Å².